The highest BCUT2D eigenvalue weighted by molar-refractivity contribution is 5.94. The van der Waals surface area contributed by atoms with Crippen LogP contribution in [0.1, 0.15) is 133 Å². The number of nitrogens with one attached hydrogen (secondary N) is 1. The molecule has 41 heavy (non-hydrogen) atoms. The number of unbranched alkanes of at least 4 members (excludes halogenated alkanes) is 12. The first-order chi connectivity index (χ1) is 20.0. The smallest absolute Gasteiger partial charge is 0.418 e. The molecule has 1 aromatic carbocycles. The Morgan fingerprint density at radius 3 is 2.07 bits per heavy atom. The summed E-state index contributed by atoms with van der Waals surface area (Å²) in [5, 5.41) is 13.1. The molecule has 8 nitrogen and oxygen atoms in total. The average molecular weight is 573 g/mol. The molecule has 230 valence electrons. The summed E-state index contributed by atoms with van der Waals surface area (Å²) in [6, 6.07) is 4.41. The van der Waals surface area contributed by atoms with Crippen LogP contribution in [-0.2, 0) is 27.3 Å². The Labute approximate surface area is 246 Å². The fraction of sp³-hybridized carbons (Fsp3) is 0.667. The van der Waals surface area contributed by atoms with Crippen molar-refractivity contribution in [3.63, 3.8) is 0 Å². The lowest BCUT2D eigenvalue weighted by molar-refractivity contribution is -0.128. The number of rotatable bonds is 21. The highest BCUT2D eigenvalue weighted by atomic mass is 16.6. The van der Waals surface area contributed by atoms with Crippen LogP contribution in [0.4, 0.5) is 9.59 Å². The largest absolute Gasteiger partial charge is 0.468 e. The third-order valence-electron chi connectivity index (χ3n) is 7.89. The maximum absolute atomic E-state index is 13.1. The summed E-state index contributed by atoms with van der Waals surface area (Å²) < 4.78 is 10.2. The predicted octanol–water partition coefficient (Wildman–Crippen LogP) is 7.87. The number of hydrogen-bond acceptors (Lipinski definition) is 6. The number of imide groups is 1. The van der Waals surface area contributed by atoms with Gasteiger partial charge in [-0.3, -0.25) is 4.79 Å². The van der Waals surface area contributed by atoms with E-state index in [1.165, 1.54) is 70.6 Å². The van der Waals surface area contributed by atoms with Gasteiger partial charge in [-0.15, -0.1) is 0 Å². The number of aliphatic hydroxyl groups is 1. The molecule has 1 heterocycles. The van der Waals surface area contributed by atoms with Gasteiger partial charge in [0.15, 0.2) is 0 Å². The summed E-state index contributed by atoms with van der Waals surface area (Å²) in [5.74, 6) is 0. The summed E-state index contributed by atoms with van der Waals surface area (Å²) in [4.78, 5) is 38.1. The summed E-state index contributed by atoms with van der Waals surface area (Å²) in [6.45, 7) is 6.10. The van der Waals surface area contributed by atoms with Crippen molar-refractivity contribution in [2.75, 3.05) is 13.2 Å². The lowest BCUT2D eigenvalue weighted by Gasteiger charge is -2.38. The molecule has 0 radical (unpaired) electrons. The van der Waals surface area contributed by atoms with Gasteiger partial charge in [-0.2, -0.15) is 0 Å². The molecule has 0 saturated carbocycles. The van der Waals surface area contributed by atoms with E-state index >= 15 is 0 Å². The van der Waals surface area contributed by atoms with Crippen LogP contribution in [0.3, 0.4) is 0 Å². The van der Waals surface area contributed by atoms with E-state index in [1.54, 1.807) is 13.8 Å². The first-order valence-electron chi connectivity index (χ1n) is 15.7. The minimum Gasteiger partial charge on any atom is -0.468 e. The zero-order chi connectivity index (χ0) is 29.9. The summed E-state index contributed by atoms with van der Waals surface area (Å²) in [5.41, 5.74) is 3.75. The second-order valence-electron chi connectivity index (χ2n) is 10.9. The number of hydrogen-bond donors (Lipinski definition) is 2. The minimum absolute atomic E-state index is 0.106. The Hall–Kier alpha value is -2.87. The van der Waals surface area contributed by atoms with Crippen molar-refractivity contribution in [1.29, 1.82) is 0 Å². The van der Waals surface area contributed by atoms with E-state index in [-0.39, 0.29) is 19.8 Å². The van der Waals surface area contributed by atoms with Crippen LogP contribution in [0.2, 0.25) is 0 Å². The van der Waals surface area contributed by atoms with Crippen LogP contribution in [0, 0.1) is 0 Å². The molecule has 0 bridgehead atoms. The van der Waals surface area contributed by atoms with Crippen molar-refractivity contribution >= 4 is 18.6 Å². The topological polar surface area (TPSA) is 105 Å². The van der Waals surface area contributed by atoms with Crippen molar-refractivity contribution in [3.8, 4) is 0 Å². The molecule has 3 amide bonds. The zero-order valence-electron chi connectivity index (χ0n) is 25.6. The van der Waals surface area contributed by atoms with Gasteiger partial charge in [0.2, 0.25) is 0 Å². The number of aliphatic hydroxyl groups excluding tert-OH is 1. The van der Waals surface area contributed by atoms with E-state index in [2.05, 4.69) is 12.2 Å². The van der Waals surface area contributed by atoms with E-state index < -0.39 is 18.2 Å². The van der Waals surface area contributed by atoms with Gasteiger partial charge in [0.1, 0.15) is 0 Å². The molecule has 0 spiro atoms. The van der Waals surface area contributed by atoms with Gasteiger partial charge in [-0.05, 0) is 49.0 Å². The first-order valence-corrected chi connectivity index (χ1v) is 15.7. The number of carbonyl (C=O) groups excluding carboxylic acids is 3. The molecular formula is C33H52N2O6. The molecule has 1 aliphatic rings. The van der Waals surface area contributed by atoms with Crippen LogP contribution < -0.4 is 5.32 Å². The normalized spacial score (nSPS) is 15.2. The third kappa shape index (κ3) is 11.1. The van der Waals surface area contributed by atoms with Crippen LogP contribution in [0.5, 0.6) is 0 Å². The average Bonchev–Trinajstić information content (AvgIpc) is 2.96. The summed E-state index contributed by atoms with van der Waals surface area (Å²) >= 11 is 0. The van der Waals surface area contributed by atoms with Crippen molar-refractivity contribution in [1.82, 2.24) is 10.2 Å². The van der Waals surface area contributed by atoms with Crippen LogP contribution in [0.25, 0.3) is 0 Å². The van der Waals surface area contributed by atoms with Crippen molar-refractivity contribution in [3.05, 3.63) is 46.2 Å². The SMILES string of the molecule is CCCCCCCCCCCCCCCc1cccc(CO)c1C1C(CCOC=O)=C(C)NC(=O)N1C(=O)OCC. The standard InChI is InChI=1S/C33H52N2O6/c1-4-6-7-8-9-10-11-12-13-14-15-16-17-19-27-20-18-21-28(24-36)30(27)31-29(22-23-40-25-37)26(3)34-32(38)35(31)33(39)41-5-2/h18,20-21,25,31,36H,4-17,19,22-24H2,1-3H3,(H,34,38). The highest BCUT2D eigenvalue weighted by Crippen LogP contribution is 2.40. The third-order valence-corrected chi connectivity index (χ3v) is 7.89. The van der Waals surface area contributed by atoms with E-state index in [0.29, 0.717) is 24.2 Å². The lowest BCUT2D eigenvalue weighted by Crippen LogP contribution is -2.50. The molecule has 2 rings (SSSR count). The molecule has 0 aromatic heterocycles. The van der Waals surface area contributed by atoms with Crippen molar-refractivity contribution < 1.29 is 29.0 Å². The molecule has 8 heteroatoms. The second kappa shape index (κ2) is 20.1. The minimum atomic E-state index is -0.765. The van der Waals surface area contributed by atoms with Crippen molar-refractivity contribution in [2.24, 2.45) is 0 Å². The number of amides is 3. The number of carbonyl (C=O) groups is 3. The Morgan fingerprint density at radius 2 is 1.51 bits per heavy atom. The lowest BCUT2D eigenvalue weighted by atomic mass is 9.84. The molecule has 2 N–H and O–H groups in total. The van der Waals surface area contributed by atoms with Gasteiger partial charge in [0.25, 0.3) is 6.47 Å². The maximum atomic E-state index is 13.1. The number of benzene rings is 1. The van der Waals surface area contributed by atoms with E-state index in [1.807, 2.05) is 18.2 Å². The fourth-order valence-corrected chi connectivity index (χ4v) is 5.71. The highest BCUT2D eigenvalue weighted by Gasteiger charge is 2.41. The fourth-order valence-electron chi connectivity index (χ4n) is 5.71. The molecule has 1 aromatic rings. The molecular weight excluding hydrogens is 520 g/mol. The summed E-state index contributed by atoms with van der Waals surface area (Å²) in [7, 11) is 0. The van der Waals surface area contributed by atoms with Gasteiger partial charge >= 0.3 is 12.1 Å². The zero-order valence-corrected chi connectivity index (χ0v) is 25.6. The molecule has 1 aliphatic heterocycles. The first kappa shape index (κ1) is 34.3. The Bertz CT molecular complexity index is 976. The van der Waals surface area contributed by atoms with Gasteiger partial charge in [0, 0.05) is 12.1 Å². The van der Waals surface area contributed by atoms with Gasteiger partial charge in [-0.1, -0.05) is 102 Å². The molecule has 0 fully saturated rings. The molecule has 0 aliphatic carbocycles. The van der Waals surface area contributed by atoms with Crippen LogP contribution in [0.15, 0.2) is 29.5 Å². The van der Waals surface area contributed by atoms with E-state index in [4.69, 9.17) is 9.47 Å². The monoisotopic (exact) mass is 572 g/mol. The van der Waals surface area contributed by atoms with Gasteiger partial charge in [0.05, 0.1) is 25.9 Å². The predicted molar refractivity (Wildman–Crippen MR) is 161 cm³/mol. The van der Waals surface area contributed by atoms with Crippen molar-refractivity contribution in [2.45, 2.75) is 130 Å². The molecule has 1 unspecified atom stereocenters. The second-order valence-corrected chi connectivity index (χ2v) is 10.9. The Morgan fingerprint density at radius 1 is 0.927 bits per heavy atom. The quantitative estimate of drug-likeness (QED) is 0.115. The van der Waals surface area contributed by atoms with E-state index in [0.717, 1.165) is 40.9 Å². The Balaban J connectivity index is 2.09. The van der Waals surface area contributed by atoms with Gasteiger partial charge < -0.3 is 19.9 Å². The molecule has 1 atom stereocenters. The number of nitrogens with zero attached hydrogens (tertiary/aromatic N) is 1. The van der Waals surface area contributed by atoms with Crippen LogP contribution >= 0.6 is 0 Å². The number of ether oxygens (including phenoxy) is 2. The van der Waals surface area contributed by atoms with Gasteiger partial charge in [-0.25, -0.2) is 14.5 Å². The number of aryl methyl sites for hydroxylation is 1. The Kier molecular flexibility index (Phi) is 16.8. The maximum Gasteiger partial charge on any atom is 0.418 e. The van der Waals surface area contributed by atoms with Crippen LogP contribution in [-0.4, -0.2) is 41.8 Å². The summed E-state index contributed by atoms with van der Waals surface area (Å²) in [6.07, 6.45) is 16.9. The number of urea groups is 1. The number of allylic oxidation sites excluding steroid dienone is 1. The molecule has 0 saturated heterocycles. The van der Waals surface area contributed by atoms with E-state index in [9.17, 15) is 19.5 Å².